The minimum Gasteiger partial charge on any atom is -0.358 e. The Labute approximate surface area is 168 Å². The molecule has 8 nitrogen and oxygen atoms in total. The summed E-state index contributed by atoms with van der Waals surface area (Å²) in [5.41, 5.74) is 1.31. The highest BCUT2D eigenvalue weighted by Gasteiger charge is 2.28. The van der Waals surface area contributed by atoms with Crippen LogP contribution in [0.2, 0.25) is 0 Å². The third kappa shape index (κ3) is 4.35. The summed E-state index contributed by atoms with van der Waals surface area (Å²) in [7, 11) is 0. The zero-order chi connectivity index (χ0) is 21.0. The van der Waals surface area contributed by atoms with E-state index < -0.39 is 11.2 Å². The van der Waals surface area contributed by atoms with Crippen LogP contribution in [-0.2, 0) is 24.3 Å². The van der Waals surface area contributed by atoms with Crippen LogP contribution in [0.4, 0.5) is 17.2 Å². The maximum atomic E-state index is 12.8. The number of amides is 1. The number of benzene rings is 1. The van der Waals surface area contributed by atoms with Gasteiger partial charge in [0, 0.05) is 25.6 Å². The van der Waals surface area contributed by atoms with Gasteiger partial charge in [-0.25, -0.2) is 9.36 Å². The van der Waals surface area contributed by atoms with Crippen molar-refractivity contribution in [3.05, 3.63) is 50.7 Å². The highest BCUT2D eigenvalue weighted by Crippen LogP contribution is 2.26. The highest BCUT2D eigenvalue weighted by molar-refractivity contribution is 5.88. The first-order valence-electron chi connectivity index (χ1n) is 9.65. The number of terminal acetylenes is 1. The minimum absolute atomic E-state index is 0.0615. The van der Waals surface area contributed by atoms with Crippen molar-refractivity contribution in [2.24, 2.45) is 0 Å². The molecule has 0 radical (unpaired) electrons. The summed E-state index contributed by atoms with van der Waals surface area (Å²) in [6.45, 7) is 3.95. The zero-order valence-corrected chi connectivity index (χ0v) is 16.6. The molecule has 1 aliphatic heterocycles. The van der Waals surface area contributed by atoms with Crippen molar-refractivity contribution in [2.75, 3.05) is 16.0 Å². The average molecular weight is 395 g/mol. The Morgan fingerprint density at radius 3 is 2.55 bits per heavy atom. The van der Waals surface area contributed by atoms with Crippen LogP contribution in [0.1, 0.15) is 32.3 Å². The number of carbonyl (C=O) groups is 1. The monoisotopic (exact) mass is 395 g/mol. The summed E-state index contributed by atoms with van der Waals surface area (Å²) in [4.78, 5) is 36.7. The molecule has 2 aromatic rings. The Bertz CT molecular complexity index is 1060. The number of hydrogen-bond acceptors (Lipinski definition) is 5. The molecule has 0 spiro atoms. The smallest absolute Gasteiger partial charge is 0.333 e. The summed E-state index contributed by atoms with van der Waals surface area (Å²) in [6, 6.07) is 7.49. The Balaban J connectivity index is 1.86. The molecule has 1 amide bonds. The maximum absolute atomic E-state index is 12.8. The van der Waals surface area contributed by atoms with Crippen molar-refractivity contribution < 1.29 is 4.79 Å². The summed E-state index contributed by atoms with van der Waals surface area (Å²) < 4.78 is 2.68. The van der Waals surface area contributed by atoms with Crippen molar-refractivity contribution in [1.82, 2.24) is 9.13 Å². The lowest BCUT2D eigenvalue weighted by molar-refractivity contribution is -0.114. The highest BCUT2D eigenvalue weighted by atomic mass is 16.2. The van der Waals surface area contributed by atoms with Gasteiger partial charge in [-0.3, -0.25) is 14.2 Å². The predicted octanol–water partition coefficient (Wildman–Crippen LogP) is 1.81. The lowest BCUT2D eigenvalue weighted by atomic mass is 10.1. The van der Waals surface area contributed by atoms with Crippen molar-refractivity contribution in [3.63, 3.8) is 0 Å². The van der Waals surface area contributed by atoms with Crippen LogP contribution in [0.15, 0.2) is 33.9 Å². The Hall–Kier alpha value is -3.47. The van der Waals surface area contributed by atoms with Gasteiger partial charge in [-0.15, -0.1) is 6.42 Å². The number of aromatic nitrogens is 2. The fourth-order valence-electron chi connectivity index (χ4n) is 3.37. The second-order valence-electron chi connectivity index (χ2n) is 7.03. The van der Waals surface area contributed by atoms with Crippen molar-refractivity contribution in [3.8, 4) is 12.3 Å². The van der Waals surface area contributed by atoms with Gasteiger partial charge in [-0.1, -0.05) is 31.4 Å². The van der Waals surface area contributed by atoms with Gasteiger partial charge < -0.3 is 16.0 Å². The number of carbonyl (C=O) groups excluding carboxylic acids is 1. The van der Waals surface area contributed by atoms with Crippen molar-refractivity contribution in [1.29, 1.82) is 0 Å². The quantitative estimate of drug-likeness (QED) is 0.621. The molecule has 0 aliphatic carbocycles. The maximum Gasteiger partial charge on any atom is 0.333 e. The molecule has 0 bridgehead atoms. The van der Waals surface area contributed by atoms with Crippen LogP contribution in [0.25, 0.3) is 0 Å². The molecule has 8 heteroatoms. The molecule has 1 aliphatic rings. The summed E-state index contributed by atoms with van der Waals surface area (Å²) in [5.74, 6) is 2.77. The third-order valence-electron chi connectivity index (χ3n) is 4.76. The van der Waals surface area contributed by atoms with Crippen LogP contribution in [0, 0.1) is 12.3 Å². The van der Waals surface area contributed by atoms with Gasteiger partial charge in [0.25, 0.3) is 5.56 Å². The summed E-state index contributed by atoms with van der Waals surface area (Å²) in [5, 5.41) is 9.20. The SMILES string of the molecule is C#CCn1c(=O)c2c(n(CCCC)c1=O)NC(Cc1ccc(NC(C)=O)cc1)N2. The molecule has 0 fully saturated rings. The number of nitrogens with zero attached hydrogens (tertiary/aromatic N) is 2. The first kappa shape index (κ1) is 20.3. The topological polar surface area (TPSA) is 97.2 Å². The normalized spacial score (nSPS) is 14.4. The second-order valence-corrected chi connectivity index (χ2v) is 7.03. The lowest BCUT2D eigenvalue weighted by Crippen LogP contribution is -2.40. The number of anilines is 3. The Morgan fingerprint density at radius 2 is 1.93 bits per heavy atom. The largest absolute Gasteiger partial charge is 0.358 e. The van der Waals surface area contributed by atoms with Crippen LogP contribution >= 0.6 is 0 Å². The van der Waals surface area contributed by atoms with Gasteiger partial charge >= 0.3 is 5.69 Å². The molecule has 3 N–H and O–H groups in total. The molecule has 0 saturated carbocycles. The van der Waals surface area contributed by atoms with Gasteiger partial charge in [0.05, 0.1) is 6.54 Å². The van der Waals surface area contributed by atoms with E-state index in [9.17, 15) is 14.4 Å². The molecule has 1 aromatic heterocycles. The number of unbranched alkanes of at least 4 members (excludes halogenated alkanes) is 1. The van der Waals surface area contributed by atoms with E-state index in [4.69, 9.17) is 6.42 Å². The average Bonchev–Trinajstić information content (AvgIpc) is 3.10. The second kappa shape index (κ2) is 8.69. The standard InChI is InChI=1S/C21H25N5O3/c1-4-6-12-25-19-18(20(28)26(11-5-2)21(25)29)23-17(24-19)13-15-7-9-16(10-8-15)22-14(3)27/h2,7-10,17,23-24H,4,6,11-13H2,1,3H3,(H,22,27). The summed E-state index contributed by atoms with van der Waals surface area (Å²) in [6.07, 6.45) is 7.44. The van der Waals surface area contributed by atoms with E-state index in [-0.39, 0.29) is 18.6 Å². The minimum atomic E-state index is -0.410. The van der Waals surface area contributed by atoms with Gasteiger partial charge in [-0.05, 0) is 24.1 Å². The van der Waals surface area contributed by atoms with Crippen molar-refractivity contribution in [2.45, 2.75) is 52.4 Å². The predicted molar refractivity (Wildman–Crippen MR) is 114 cm³/mol. The van der Waals surface area contributed by atoms with E-state index in [1.807, 2.05) is 31.2 Å². The fourth-order valence-corrected chi connectivity index (χ4v) is 3.37. The van der Waals surface area contributed by atoms with E-state index in [2.05, 4.69) is 21.9 Å². The Kier molecular flexibility index (Phi) is 6.07. The Morgan fingerprint density at radius 1 is 1.21 bits per heavy atom. The first-order chi connectivity index (χ1) is 13.9. The molecule has 0 saturated heterocycles. The zero-order valence-electron chi connectivity index (χ0n) is 16.6. The molecule has 152 valence electrons. The van der Waals surface area contributed by atoms with E-state index in [1.165, 1.54) is 6.92 Å². The first-order valence-corrected chi connectivity index (χ1v) is 9.65. The third-order valence-corrected chi connectivity index (χ3v) is 4.76. The van der Waals surface area contributed by atoms with E-state index in [0.29, 0.717) is 24.5 Å². The molecule has 2 heterocycles. The fraction of sp³-hybridized carbons (Fsp3) is 0.381. The molecule has 1 atom stereocenters. The lowest BCUT2D eigenvalue weighted by Gasteiger charge is -2.14. The van der Waals surface area contributed by atoms with Gasteiger partial charge in [0.15, 0.2) is 0 Å². The molecule has 1 aromatic carbocycles. The number of hydrogen-bond donors (Lipinski definition) is 3. The van der Waals surface area contributed by atoms with E-state index >= 15 is 0 Å². The molecular formula is C21H25N5O3. The van der Waals surface area contributed by atoms with Gasteiger partial charge in [-0.2, -0.15) is 0 Å². The van der Waals surface area contributed by atoms with Crippen LogP contribution < -0.4 is 27.2 Å². The van der Waals surface area contributed by atoms with E-state index in [0.717, 1.165) is 28.7 Å². The van der Waals surface area contributed by atoms with Gasteiger partial charge in [0.1, 0.15) is 17.7 Å². The molecule has 1 unspecified atom stereocenters. The number of nitrogens with one attached hydrogen (secondary N) is 3. The van der Waals surface area contributed by atoms with Crippen molar-refractivity contribution >= 4 is 23.1 Å². The van der Waals surface area contributed by atoms with E-state index in [1.54, 1.807) is 4.57 Å². The molecule has 3 rings (SSSR count). The number of fused-ring (bicyclic) bond motifs is 1. The number of rotatable bonds is 7. The van der Waals surface area contributed by atoms with Crippen LogP contribution in [0.5, 0.6) is 0 Å². The molecular weight excluding hydrogens is 370 g/mol. The molecule has 29 heavy (non-hydrogen) atoms. The van der Waals surface area contributed by atoms with Gasteiger partial charge in [0.2, 0.25) is 5.91 Å². The summed E-state index contributed by atoms with van der Waals surface area (Å²) >= 11 is 0. The van der Waals surface area contributed by atoms with Crippen LogP contribution in [0.3, 0.4) is 0 Å². The van der Waals surface area contributed by atoms with Crippen LogP contribution in [-0.4, -0.2) is 21.2 Å².